The van der Waals surface area contributed by atoms with Gasteiger partial charge in [0, 0.05) is 25.0 Å². The molecule has 0 bridgehead atoms. The van der Waals surface area contributed by atoms with Gasteiger partial charge in [0.25, 0.3) is 0 Å². The molecule has 0 spiro atoms. The second-order valence-corrected chi connectivity index (χ2v) is 11.6. The first-order valence-electron chi connectivity index (χ1n) is 11.3. The summed E-state index contributed by atoms with van der Waals surface area (Å²) < 4.78 is 67.8. The molecule has 0 unspecified atom stereocenters. The highest BCUT2D eigenvalue weighted by molar-refractivity contribution is 7.89. The number of sulfonamides is 1. The highest BCUT2D eigenvalue weighted by Crippen LogP contribution is 2.50. The van der Waals surface area contributed by atoms with Crippen molar-refractivity contribution in [3.05, 3.63) is 64.2 Å². The molecule has 2 atom stereocenters. The zero-order chi connectivity index (χ0) is 26.3. The van der Waals surface area contributed by atoms with Crippen LogP contribution in [0, 0.1) is 11.3 Å². The Morgan fingerprint density at radius 3 is 2.61 bits per heavy atom. The summed E-state index contributed by atoms with van der Waals surface area (Å²) in [6.07, 6.45) is -2.81. The van der Waals surface area contributed by atoms with E-state index in [1.807, 2.05) is 0 Å². The number of nitrogens with one attached hydrogen (secondary N) is 1. The standard InChI is InChI=1S/C24H24ClF3N2O5S/c25-19-8-7-16(22(32)33)10-20(19)36(34,35)30-12-17-5-3-9-23(17,14-30)13-29-21(31)11-15-4-1-2-6-18(15)24(26,27)28/h1-2,4,6-8,10,17H,3,5,9,11-14H2,(H,29,31)(H,32,33)/t17-,23-/m0/s1. The van der Waals surface area contributed by atoms with Crippen LogP contribution in [0.2, 0.25) is 5.02 Å². The summed E-state index contributed by atoms with van der Waals surface area (Å²) in [6.45, 7) is 0.398. The van der Waals surface area contributed by atoms with Gasteiger partial charge in [-0.25, -0.2) is 13.2 Å². The Morgan fingerprint density at radius 1 is 1.19 bits per heavy atom. The Balaban J connectivity index is 1.49. The van der Waals surface area contributed by atoms with Crippen molar-refractivity contribution in [2.24, 2.45) is 11.3 Å². The van der Waals surface area contributed by atoms with Gasteiger partial charge in [0.05, 0.1) is 22.6 Å². The second kappa shape index (κ2) is 9.68. The molecule has 36 heavy (non-hydrogen) atoms. The molecule has 0 aromatic heterocycles. The topological polar surface area (TPSA) is 104 Å². The lowest BCUT2D eigenvalue weighted by Gasteiger charge is -2.29. The molecular weight excluding hydrogens is 521 g/mol. The zero-order valence-electron chi connectivity index (χ0n) is 19.0. The lowest BCUT2D eigenvalue weighted by Crippen LogP contribution is -2.42. The average Bonchev–Trinajstić information content (AvgIpc) is 3.35. The lowest BCUT2D eigenvalue weighted by atomic mass is 9.80. The number of benzene rings is 2. The van der Waals surface area contributed by atoms with Gasteiger partial charge >= 0.3 is 12.1 Å². The van der Waals surface area contributed by atoms with E-state index in [0.717, 1.165) is 25.0 Å². The van der Waals surface area contributed by atoms with Crippen LogP contribution in [0.4, 0.5) is 13.2 Å². The molecule has 2 fully saturated rings. The summed E-state index contributed by atoms with van der Waals surface area (Å²) in [5, 5.41) is 11.9. The Kier molecular flexibility index (Phi) is 7.11. The Bertz CT molecular complexity index is 1300. The minimum Gasteiger partial charge on any atom is -0.478 e. The van der Waals surface area contributed by atoms with Gasteiger partial charge in [-0.05, 0) is 48.6 Å². The fourth-order valence-corrected chi connectivity index (χ4v) is 7.35. The summed E-state index contributed by atoms with van der Waals surface area (Å²) in [6, 6.07) is 8.36. The predicted molar refractivity (Wildman–Crippen MR) is 125 cm³/mol. The Labute approximate surface area is 211 Å². The molecule has 194 valence electrons. The number of fused-ring (bicyclic) bond motifs is 1. The molecule has 1 saturated heterocycles. The summed E-state index contributed by atoms with van der Waals surface area (Å²) in [7, 11) is -4.11. The van der Waals surface area contributed by atoms with Crippen molar-refractivity contribution in [2.45, 2.75) is 36.8 Å². The number of hydrogen-bond donors (Lipinski definition) is 2. The first-order valence-corrected chi connectivity index (χ1v) is 13.1. The molecule has 1 heterocycles. The Morgan fingerprint density at radius 2 is 1.92 bits per heavy atom. The second-order valence-electron chi connectivity index (χ2n) is 9.31. The number of carboxylic acids is 1. The summed E-state index contributed by atoms with van der Waals surface area (Å²) in [4.78, 5) is 23.6. The van der Waals surface area contributed by atoms with Gasteiger partial charge in [0.2, 0.25) is 15.9 Å². The van der Waals surface area contributed by atoms with Crippen LogP contribution in [-0.2, 0) is 27.4 Å². The maximum Gasteiger partial charge on any atom is 0.416 e. The van der Waals surface area contributed by atoms with Gasteiger partial charge in [-0.3, -0.25) is 4.79 Å². The number of carboxylic acid groups (broad SMARTS) is 1. The smallest absolute Gasteiger partial charge is 0.416 e. The normalized spacial score (nSPS) is 22.4. The van der Waals surface area contributed by atoms with Gasteiger partial charge in [-0.1, -0.05) is 36.2 Å². The van der Waals surface area contributed by atoms with Crippen LogP contribution in [0.3, 0.4) is 0 Å². The molecule has 2 N–H and O–H groups in total. The van der Waals surface area contributed by atoms with Crippen LogP contribution >= 0.6 is 11.6 Å². The monoisotopic (exact) mass is 544 g/mol. The third kappa shape index (κ3) is 5.09. The minimum absolute atomic E-state index is 0.0588. The number of rotatable bonds is 7. The molecule has 12 heteroatoms. The highest BCUT2D eigenvalue weighted by Gasteiger charge is 2.52. The summed E-state index contributed by atoms with van der Waals surface area (Å²) in [5.74, 6) is -1.92. The molecule has 2 aromatic rings. The number of carbonyl (C=O) groups is 2. The van der Waals surface area contributed by atoms with Crippen molar-refractivity contribution >= 4 is 33.5 Å². The van der Waals surface area contributed by atoms with E-state index >= 15 is 0 Å². The highest BCUT2D eigenvalue weighted by atomic mass is 35.5. The van der Waals surface area contributed by atoms with E-state index < -0.39 is 45.5 Å². The van der Waals surface area contributed by atoms with Crippen LogP contribution < -0.4 is 5.32 Å². The van der Waals surface area contributed by atoms with Gasteiger partial charge < -0.3 is 10.4 Å². The lowest BCUT2D eigenvalue weighted by molar-refractivity contribution is -0.138. The molecular formula is C24H24ClF3N2O5S. The Hall–Kier alpha value is -2.63. The number of amides is 1. The van der Waals surface area contributed by atoms with E-state index in [1.54, 1.807) is 0 Å². The number of halogens is 4. The molecule has 1 amide bonds. The fraction of sp³-hybridized carbons (Fsp3) is 0.417. The molecule has 2 aliphatic rings. The van der Waals surface area contributed by atoms with Gasteiger partial charge in [-0.15, -0.1) is 0 Å². The van der Waals surface area contributed by atoms with Crippen molar-refractivity contribution in [3.8, 4) is 0 Å². The zero-order valence-corrected chi connectivity index (χ0v) is 20.6. The summed E-state index contributed by atoms with van der Waals surface area (Å²) in [5.41, 5.74) is -1.77. The van der Waals surface area contributed by atoms with Crippen LogP contribution in [0.15, 0.2) is 47.4 Å². The van der Waals surface area contributed by atoms with Crippen LogP contribution in [0.25, 0.3) is 0 Å². The summed E-state index contributed by atoms with van der Waals surface area (Å²) >= 11 is 6.11. The predicted octanol–water partition coefficient (Wildman–Crippen LogP) is 4.21. The molecule has 1 aliphatic carbocycles. The largest absolute Gasteiger partial charge is 0.478 e. The van der Waals surface area contributed by atoms with E-state index in [2.05, 4.69) is 5.32 Å². The van der Waals surface area contributed by atoms with Crippen molar-refractivity contribution < 1.29 is 36.3 Å². The van der Waals surface area contributed by atoms with Crippen LogP contribution in [0.5, 0.6) is 0 Å². The van der Waals surface area contributed by atoms with E-state index in [9.17, 15) is 36.3 Å². The third-order valence-corrected chi connectivity index (χ3v) is 9.41. The molecule has 0 radical (unpaired) electrons. The number of aromatic carboxylic acids is 1. The molecule has 7 nitrogen and oxygen atoms in total. The fourth-order valence-electron chi connectivity index (χ4n) is 5.27. The average molecular weight is 545 g/mol. The molecule has 1 aliphatic heterocycles. The molecule has 1 saturated carbocycles. The van der Waals surface area contributed by atoms with Crippen LogP contribution in [0.1, 0.15) is 40.7 Å². The number of carbonyl (C=O) groups excluding carboxylic acids is 1. The molecule has 2 aromatic carbocycles. The first-order chi connectivity index (χ1) is 16.8. The maximum atomic E-state index is 13.4. The van der Waals surface area contributed by atoms with Crippen molar-refractivity contribution in [1.82, 2.24) is 9.62 Å². The maximum absolute atomic E-state index is 13.4. The van der Waals surface area contributed by atoms with Gasteiger partial charge in [0.15, 0.2) is 0 Å². The van der Waals surface area contributed by atoms with E-state index in [1.165, 1.54) is 34.6 Å². The number of hydrogen-bond acceptors (Lipinski definition) is 4. The molecule has 4 rings (SSSR count). The minimum atomic E-state index is -4.58. The van der Waals surface area contributed by atoms with Gasteiger partial charge in [-0.2, -0.15) is 17.5 Å². The van der Waals surface area contributed by atoms with Crippen molar-refractivity contribution in [2.75, 3.05) is 19.6 Å². The van der Waals surface area contributed by atoms with Crippen molar-refractivity contribution in [3.63, 3.8) is 0 Å². The van der Waals surface area contributed by atoms with E-state index in [4.69, 9.17) is 11.6 Å². The van der Waals surface area contributed by atoms with Crippen molar-refractivity contribution in [1.29, 1.82) is 0 Å². The number of alkyl halides is 3. The van der Waals surface area contributed by atoms with E-state index in [-0.39, 0.29) is 46.6 Å². The quantitative estimate of drug-likeness (QED) is 0.543. The first kappa shape index (κ1) is 26.4. The van der Waals surface area contributed by atoms with E-state index in [0.29, 0.717) is 6.42 Å². The van der Waals surface area contributed by atoms with Crippen LogP contribution in [-0.4, -0.2) is 49.3 Å². The number of nitrogens with zero attached hydrogens (tertiary/aromatic N) is 1. The SMILES string of the molecule is O=C(Cc1ccccc1C(F)(F)F)NC[C@]12CCC[C@H]1CN(S(=O)(=O)c1cc(C(=O)O)ccc1Cl)C2. The third-order valence-electron chi connectivity index (χ3n) is 7.12. The van der Waals surface area contributed by atoms with Gasteiger partial charge in [0.1, 0.15) is 4.90 Å².